The quantitative estimate of drug-likeness (QED) is 0.142. The predicted octanol–water partition coefficient (Wildman–Crippen LogP) is 6.67. The largest absolute Gasteiger partial charge is 0.229 e. The summed E-state index contributed by atoms with van der Waals surface area (Å²) in [4.78, 5) is 0. The second-order valence-corrected chi connectivity index (χ2v) is 7.96. The van der Waals surface area contributed by atoms with Gasteiger partial charge in [-0.15, -0.1) is 5.98 Å². The zero-order valence-corrected chi connectivity index (χ0v) is 18.1. The molecule has 0 amide bonds. The minimum atomic E-state index is -4.04. The summed E-state index contributed by atoms with van der Waals surface area (Å²) >= 11 is 0. The van der Waals surface area contributed by atoms with E-state index in [1.54, 1.807) is 0 Å². The molecule has 16 heteroatoms. The van der Waals surface area contributed by atoms with E-state index in [4.69, 9.17) is 0 Å². The lowest BCUT2D eigenvalue weighted by Gasteiger charge is -2.39. The topological polar surface area (TPSA) is 0 Å². The van der Waals surface area contributed by atoms with Crippen LogP contribution in [0.5, 0.6) is 0 Å². The standard InChI is InChI=1S/C23H4BF15/c25-8-5(9(26)15(32)20(37)14(8)31)23(6-10(27)16(33)21(38)17(34)11(6)28)3-1-2-4-24(23)7-12(29)18(35)22(39)19(36)13(7)30/h1-4H. The van der Waals surface area contributed by atoms with Crippen LogP contribution in [-0.4, -0.2) is 6.71 Å². The summed E-state index contributed by atoms with van der Waals surface area (Å²) in [5, 5.41) is -4.04. The second kappa shape index (κ2) is 9.41. The molecular weight excluding hydrogens is 572 g/mol. The van der Waals surface area contributed by atoms with Crippen molar-refractivity contribution < 1.29 is 65.9 Å². The molecule has 0 unspecified atom stereocenters. The van der Waals surface area contributed by atoms with Gasteiger partial charge in [-0.3, -0.25) is 0 Å². The van der Waals surface area contributed by atoms with Crippen molar-refractivity contribution in [2.24, 2.45) is 0 Å². The van der Waals surface area contributed by atoms with E-state index in [9.17, 15) is 48.3 Å². The summed E-state index contributed by atoms with van der Waals surface area (Å²) in [5.74, 6) is -42.7. The first-order valence-corrected chi connectivity index (χ1v) is 10.0. The van der Waals surface area contributed by atoms with Gasteiger partial charge in [0.05, 0.1) is 0 Å². The Hall–Kier alpha value is -3.85. The summed E-state index contributed by atoms with van der Waals surface area (Å²) < 4.78 is 216. The average molecular weight is 576 g/mol. The van der Waals surface area contributed by atoms with Crippen LogP contribution in [0, 0.1) is 87.3 Å². The average Bonchev–Trinajstić information content (AvgIpc) is 2.91. The maximum atomic E-state index is 15.1. The Bertz CT molecular complexity index is 1470. The van der Waals surface area contributed by atoms with Crippen LogP contribution in [0.3, 0.4) is 0 Å². The lowest BCUT2D eigenvalue weighted by Crippen LogP contribution is -2.55. The number of benzene rings is 3. The van der Waals surface area contributed by atoms with E-state index in [0.29, 0.717) is 12.2 Å². The predicted molar refractivity (Wildman–Crippen MR) is 103 cm³/mol. The van der Waals surface area contributed by atoms with E-state index < -0.39 is 116 Å². The Labute approximate surface area is 206 Å². The third-order valence-electron chi connectivity index (χ3n) is 6.07. The van der Waals surface area contributed by atoms with E-state index in [1.807, 2.05) is 0 Å². The van der Waals surface area contributed by atoms with E-state index in [1.165, 1.54) is 0 Å². The van der Waals surface area contributed by atoms with Crippen molar-refractivity contribution in [2.75, 3.05) is 0 Å². The maximum Gasteiger partial charge on any atom is 0.229 e. The zero-order chi connectivity index (χ0) is 29.3. The highest BCUT2D eigenvalue weighted by atomic mass is 19.2. The molecule has 3 aromatic carbocycles. The Balaban J connectivity index is 2.35. The molecule has 0 saturated heterocycles. The number of hydrogen-bond donors (Lipinski definition) is 0. The van der Waals surface area contributed by atoms with E-state index in [-0.39, 0.29) is 12.1 Å². The first-order chi connectivity index (χ1) is 18.1. The molecule has 1 aliphatic heterocycles. The van der Waals surface area contributed by atoms with Crippen LogP contribution in [0.2, 0.25) is 0 Å². The zero-order valence-electron chi connectivity index (χ0n) is 18.1. The van der Waals surface area contributed by atoms with Crippen molar-refractivity contribution in [3.63, 3.8) is 0 Å². The van der Waals surface area contributed by atoms with Crippen molar-refractivity contribution in [1.82, 2.24) is 0 Å². The minimum Gasteiger partial charge on any atom is -0.204 e. The van der Waals surface area contributed by atoms with Crippen molar-refractivity contribution >= 4 is 12.2 Å². The molecule has 0 atom stereocenters. The Morgan fingerprint density at radius 2 is 0.641 bits per heavy atom. The van der Waals surface area contributed by atoms with E-state index in [2.05, 4.69) is 0 Å². The number of hydrogen-bond acceptors (Lipinski definition) is 0. The molecule has 39 heavy (non-hydrogen) atoms. The van der Waals surface area contributed by atoms with Gasteiger partial charge < -0.3 is 0 Å². The van der Waals surface area contributed by atoms with Crippen LogP contribution in [-0.2, 0) is 5.31 Å². The molecule has 0 spiro atoms. The highest BCUT2D eigenvalue weighted by molar-refractivity contribution is 6.82. The number of halogens is 15. The van der Waals surface area contributed by atoms with Gasteiger partial charge in [-0.2, -0.15) is 0 Å². The summed E-state index contributed by atoms with van der Waals surface area (Å²) in [7, 11) is 0. The SMILES string of the molecule is Fc1c(F)c(F)c(B2C=CC=CC2(c2c(F)c(F)c(F)c(F)c2F)c2c(F)c(F)c(F)c(F)c2F)c(F)c1F. The lowest BCUT2D eigenvalue weighted by molar-refractivity contribution is 0.353. The molecule has 0 bridgehead atoms. The third-order valence-corrected chi connectivity index (χ3v) is 6.07. The molecule has 0 aromatic heterocycles. The third kappa shape index (κ3) is 3.67. The van der Waals surface area contributed by atoms with Crippen molar-refractivity contribution in [2.45, 2.75) is 5.31 Å². The van der Waals surface area contributed by atoms with Crippen molar-refractivity contribution in [3.05, 3.63) is 123 Å². The Morgan fingerprint density at radius 1 is 0.359 bits per heavy atom. The van der Waals surface area contributed by atoms with Gasteiger partial charge in [0.2, 0.25) is 18.3 Å². The van der Waals surface area contributed by atoms with Crippen LogP contribution in [0.25, 0.3) is 0 Å². The summed E-state index contributed by atoms with van der Waals surface area (Å²) in [6.07, 6.45) is 1.10. The molecule has 0 saturated carbocycles. The van der Waals surface area contributed by atoms with Crippen molar-refractivity contribution in [1.29, 1.82) is 0 Å². The summed E-state index contributed by atoms with van der Waals surface area (Å²) in [6.45, 7) is -3.08. The molecule has 204 valence electrons. The summed E-state index contributed by atoms with van der Waals surface area (Å²) in [5.41, 5.74) is -7.03. The normalized spacial score (nSPS) is 14.5. The first-order valence-electron chi connectivity index (χ1n) is 10.0. The van der Waals surface area contributed by atoms with Crippen LogP contribution in [0.15, 0.2) is 24.2 Å². The van der Waals surface area contributed by atoms with Gasteiger partial charge in [-0.25, -0.2) is 65.9 Å². The highest BCUT2D eigenvalue weighted by Crippen LogP contribution is 2.46. The molecule has 1 heterocycles. The number of rotatable bonds is 3. The number of allylic oxidation sites excluding steroid dienone is 3. The fourth-order valence-corrected chi connectivity index (χ4v) is 4.40. The lowest BCUT2D eigenvalue weighted by atomic mass is 9.26. The van der Waals surface area contributed by atoms with Crippen LogP contribution in [0.4, 0.5) is 65.9 Å². The molecule has 4 rings (SSSR count). The second-order valence-electron chi connectivity index (χ2n) is 7.96. The first kappa shape index (κ1) is 28.2. The van der Waals surface area contributed by atoms with Gasteiger partial charge in [0.15, 0.2) is 75.6 Å². The van der Waals surface area contributed by atoms with E-state index >= 15 is 17.6 Å². The molecule has 1 aliphatic rings. The molecule has 0 radical (unpaired) electrons. The van der Waals surface area contributed by atoms with Crippen LogP contribution < -0.4 is 5.46 Å². The van der Waals surface area contributed by atoms with E-state index in [0.717, 1.165) is 0 Å². The van der Waals surface area contributed by atoms with Gasteiger partial charge >= 0.3 is 0 Å². The molecule has 0 nitrogen and oxygen atoms in total. The monoisotopic (exact) mass is 576 g/mol. The Morgan fingerprint density at radius 3 is 0.974 bits per heavy atom. The fourth-order valence-electron chi connectivity index (χ4n) is 4.40. The Kier molecular flexibility index (Phi) is 6.80. The molecule has 0 aliphatic carbocycles. The smallest absolute Gasteiger partial charge is 0.204 e. The minimum absolute atomic E-state index is 0.0201. The van der Waals surface area contributed by atoms with Gasteiger partial charge in [-0.1, -0.05) is 18.2 Å². The molecule has 3 aromatic rings. The fraction of sp³-hybridized carbons (Fsp3) is 0.0435. The molecule has 0 fully saturated rings. The molecule has 0 N–H and O–H groups in total. The highest BCUT2D eigenvalue weighted by Gasteiger charge is 2.55. The van der Waals surface area contributed by atoms with Crippen molar-refractivity contribution in [3.8, 4) is 0 Å². The van der Waals surface area contributed by atoms with Gasteiger partial charge in [0.25, 0.3) is 0 Å². The maximum absolute atomic E-state index is 15.1. The summed E-state index contributed by atoms with van der Waals surface area (Å²) in [6, 6.07) is 0. The van der Waals surface area contributed by atoms with Crippen LogP contribution >= 0.6 is 0 Å². The van der Waals surface area contributed by atoms with Gasteiger partial charge in [0.1, 0.15) is 0 Å². The van der Waals surface area contributed by atoms with Gasteiger partial charge in [-0.05, 0) is 0 Å². The van der Waals surface area contributed by atoms with Crippen LogP contribution in [0.1, 0.15) is 11.1 Å². The van der Waals surface area contributed by atoms with Gasteiger partial charge in [0, 0.05) is 21.9 Å². The molecular formula is C23H4BF15.